The molecule has 174 valence electrons. The molecule has 0 aliphatic rings. The van der Waals surface area contributed by atoms with Gasteiger partial charge in [-0.05, 0) is 51.8 Å². The van der Waals surface area contributed by atoms with Crippen molar-refractivity contribution in [2.45, 2.75) is 13.2 Å². The molecule has 0 spiro atoms. The van der Waals surface area contributed by atoms with E-state index in [-0.39, 0.29) is 23.8 Å². The Bertz CT molecular complexity index is 1370. The van der Waals surface area contributed by atoms with Gasteiger partial charge in [0.15, 0.2) is 17.3 Å². The number of hydrogen-bond donors (Lipinski definition) is 1. The van der Waals surface area contributed by atoms with Gasteiger partial charge in [-0.2, -0.15) is 5.10 Å². The van der Waals surface area contributed by atoms with Crippen LogP contribution in [0.4, 0.5) is 11.5 Å². The number of aromatic nitrogens is 2. The lowest BCUT2D eigenvalue weighted by Crippen LogP contribution is -2.12. The first kappa shape index (κ1) is 23.8. The fraction of sp³-hybridized carbons (Fsp3) is 0.0909. The number of carbonyl (C=O) groups excluding carboxylic acids is 1. The Hall–Kier alpha value is -3.34. The van der Waals surface area contributed by atoms with Crippen LogP contribution >= 0.6 is 39.1 Å². The molecule has 0 saturated heterocycles. The lowest BCUT2D eigenvalue weighted by atomic mass is 10.2. The van der Waals surface area contributed by atoms with Crippen LogP contribution < -0.4 is 10.1 Å². The van der Waals surface area contributed by atoms with Gasteiger partial charge in [-0.3, -0.25) is 19.6 Å². The monoisotopic (exact) mass is 564 g/mol. The maximum absolute atomic E-state index is 12.6. The quantitative estimate of drug-likeness (QED) is 0.197. The van der Waals surface area contributed by atoms with E-state index in [0.29, 0.717) is 32.6 Å². The first-order chi connectivity index (χ1) is 16.3. The van der Waals surface area contributed by atoms with Crippen LogP contribution in [0, 0.1) is 10.1 Å². The third-order valence-corrected chi connectivity index (χ3v) is 5.78. The molecule has 0 aliphatic heterocycles. The topological polar surface area (TPSA) is 112 Å². The summed E-state index contributed by atoms with van der Waals surface area (Å²) < 4.78 is 13.2. The summed E-state index contributed by atoms with van der Waals surface area (Å²) in [7, 11) is 0. The van der Waals surface area contributed by atoms with Crippen LogP contribution in [0.2, 0.25) is 10.0 Å². The second-order valence-electron chi connectivity index (χ2n) is 6.99. The highest BCUT2D eigenvalue weighted by Gasteiger charge is 2.18. The average Bonchev–Trinajstić information content (AvgIpc) is 3.41. The number of halogens is 3. The lowest BCUT2D eigenvalue weighted by molar-refractivity contribution is -0.386. The van der Waals surface area contributed by atoms with Crippen molar-refractivity contribution >= 4 is 56.5 Å². The van der Waals surface area contributed by atoms with Gasteiger partial charge >= 0.3 is 5.69 Å². The SMILES string of the molecule is O=C(Nc1nn(Cc2ccc(Cl)cc2Cl)cc1Br)c1ccc(COc2ccccc2[N+](=O)[O-])o1. The van der Waals surface area contributed by atoms with E-state index in [0.717, 1.165) is 5.56 Å². The van der Waals surface area contributed by atoms with Crippen molar-refractivity contribution in [1.82, 2.24) is 9.78 Å². The van der Waals surface area contributed by atoms with Crippen LogP contribution in [0.25, 0.3) is 0 Å². The van der Waals surface area contributed by atoms with Crippen molar-refractivity contribution in [3.8, 4) is 5.75 Å². The van der Waals surface area contributed by atoms with Crippen molar-refractivity contribution < 1.29 is 18.9 Å². The molecule has 0 unspecified atom stereocenters. The largest absolute Gasteiger partial charge is 0.479 e. The summed E-state index contributed by atoms with van der Waals surface area (Å²) >= 11 is 15.5. The Morgan fingerprint density at radius 2 is 2.00 bits per heavy atom. The maximum atomic E-state index is 12.6. The standard InChI is InChI=1S/C22H15BrCl2N4O5/c23-16-11-28(10-13-5-6-14(24)9-17(13)25)27-21(16)26-22(30)20-8-7-15(34-20)12-33-19-4-2-1-3-18(19)29(31)32/h1-9,11H,10,12H2,(H,26,27,30). The molecule has 4 aromatic rings. The average molecular weight is 566 g/mol. The second kappa shape index (κ2) is 10.3. The molecule has 9 nitrogen and oxygen atoms in total. The van der Waals surface area contributed by atoms with Crippen molar-refractivity contribution in [2.75, 3.05) is 5.32 Å². The number of nitrogens with zero attached hydrogens (tertiary/aromatic N) is 3. The van der Waals surface area contributed by atoms with E-state index >= 15 is 0 Å². The summed E-state index contributed by atoms with van der Waals surface area (Å²) in [4.78, 5) is 23.2. The lowest BCUT2D eigenvalue weighted by Gasteiger charge is -2.05. The summed E-state index contributed by atoms with van der Waals surface area (Å²) in [5.74, 6) is 0.232. The highest BCUT2D eigenvalue weighted by molar-refractivity contribution is 9.10. The van der Waals surface area contributed by atoms with Crippen LogP contribution in [-0.2, 0) is 13.2 Å². The number of furan rings is 1. The number of nitrogens with one attached hydrogen (secondary N) is 1. The fourth-order valence-electron chi connectivity index (χ4n) is 3.01. The van der Waals surface area contributed by atoms with E-state index in [4.69, 9.17) is 32.4 Å². The molecular formula is C22H15BrCl2N4O5. The molecule has 2 aromatic heterocycles. The molecule has 2 heterocycles. The van der Waals surface area contributed by atoms with Gasteiger partial charge in [0.1, 0.15) is 12.4 Å². The summed E-state index contributed by atoms with van der Waals surface area (Å²) in [6.45, 7) is 0.288. The number of nitro benzene ring substituents is 1. The minimum Gasteiger partial charge on any atom is -0.479 e. The minimum atomic E-state index is -0.534. The Morgan fingerprint density at radius 3 is 2.76 bits per heavy atom. The predicted octanol–water partition coefficient (Wildman–Crippen LogP) is 6.33. The van der Waals surface area contributed by atoms with E-state index in [9.17, 15) is 14.9 Å². The maximum Gasteiger partial charge on any atom is 0.310 e. The molecule has 12 heteroatoms. The van der Waals surface area contributed by atoms with Gasteiger partial charge in [0, 0.05) is 22.3 Å². The number of carbonyl (C=O) groups is 1. The molecule has 0 atom stereocenters. The van der Waals surface area contributed by atoms with E-state index in [1.807, 2.05) is 0 Å². The highest BCUT2D eigenvalue weighted by Crippen LogP contribution is 2.28. The van der Waals surface area contributed by atoms with Crippen molar-refractivity contribution in [1.29, 1.82) is 0 Å². The molecule has 0 radical (unpaired) electrons. The van der Waals surface area contributed by atoms with E-state index < -0.39 is 10.8 Å². The van der Waals surface area contributed by atoms with Gasteiger partial charge in [0.2, 0.25) is 0 Å². The zero-order chi connectivity index (χ0) is 24.2. The Morgan fingerprint density at radius 1 is 1.21 bits per heavy atom. The number of nitro groups is 1. The fourth-order valence-corrected chi connectivity index (χ4v) is 3.90. The molecule has 2 aromatic carbocycles. The third kappa shape index (κ3) is 5.58. The van der Waals surface area contributed by atoms with Crippen molar-refractivity contribution in [2.24, 2.45) is 0 Å². The first-order valence-corrected chi connectivity index (χ1v) is 11.3. The number of benzene rings is 2. The van der Waals surface area contributed by atoms with Crippen LogP contribution in [0.5, 0.6) is 5.75 Å². The normalized spacial score (nSPS) is 10.8. The zero-order valence-electron chi connectivity index (χ0n) is 17.2. The van der Waals surface area contributed by atoms with Crippen LogP contribution in [-0.4, -0.2) is 20.6 Å². The molecule has 0 bridgehead atoms. The van der Waals surface area contributed by atoms with E-state index in [1.54, 1.807) is 47.3 Å². The summed E-state index contributed by atoms with van der Waals surface area (Å²) in [6.07, 6.45) is 1.70. The van der Waals surface area contributed by atoms with Crippen molar-refractivity contribution in [3.05, 3.63) is 103 Å². The summed E-state index contributed by atoms with van der Waals surface area (Å²) in [6, 6.07) is 14.2. The smallest absolute Gasteiger partial charge is 0.310 e. The van der Waals surface area contributed by atoms with Gasteiger partial charge in [-0.25, -0.2) is 0 Å². The summed E-state index contributed by atoms with van der Waals surface area (Å²) in [5, 5.41) is 19.2. The molecule has 0 aliphatic carbocycles. The number of amides is 1. The third-order valence-electron chi connectivity index (χ3n) is 4.61. The zero-order valence-corrected chi connectivity index (χ0v) is 20.3. The number of ether oxygens (including phenoxy) is 1. The van der Waals surface area contributed by atoms with Gasteiger partial charge in [0.05, 0.1) is 15.9 Å². The Labute approximate surface area is 211 Å². The van der Waals surface area contributed by atoms with E-state index in [1.165, 1.54) is 18.2 Å². The summed E-state index contributed by atoms with van der Waals surface area (Å²) in [5.41, 5.74) is 0.653. The van der Waals surface area contributed by atoms with Crippen LogP contribution in [0.3, 0.4) is 0 Å². The first-order valence-electron chi connectivity index (χ1n) is 9.73. The molecule has 34 heavy (non-hydrogen) atoms. The molecule has 1 N–H and O–H groups in total. The number of rotatable bonds is 8. The Balaban J connectivity index is 1.40. The minimum absolute atomic E-state index is 0.0309. The highest BCUT2D eigenvalue weighted by atomic mass is 79.9. The van der Waals surface area contributed by atoms with Gasteiger partial charge in [0.25, 0.3) is 5.91 Å². The molecule has 4 rings (SSSR count). The van der Waals surface area contributed by atoms with Crippen LogP contribution in [0.1, 0.15) is 21.9 Å². The van der Waals surface area contributed by atoms with Crippen molar-refractivity contribution in [3.63, 3.8) is 0 Å². The number of hydrogen-bond acceptors (Lipinski definition) is 6. The molecule has 0 saturated carbocycles. The predicted molar refractivity (Wildman–Crippen MR) is 130 cm³/mol. The second-order valence-corrected chi connectivity index (χ2v) is 8.69. The van der Waals surface area contributed by atoms with E-state index in [2.05, 4.69) is 26.3 Å². The van der Waals surface area contributed by atoms with Crippen LogP contribution in [0.15, 0.2) is 69.7 Å². The Kier molecular flexibility index (Phi) is 7.20. The molecule has 0 fully saturated rings. The molecule has 1 amide bonds. The number of anilines is 1. The molecular weight excluding hydrogens is 551 g/mol. The van der Waals surface area contributed by atoms with Gasteiger partial charge in [-0.15, -0.1) is 0 Å². The van der Waals surface area contributed by atoms with Gasteiger partial charge < -0.3 is 14.5 Å². The van der Waals surface area contributed by atoms with Gasteiger partial charge in [-0.1, -0.05) is 41.4 Å². The number of para-hydroxylation sites is 2.